The van der Waals surface area contributed by atoms with Gasteiger partial charge in [-0.05, 0) is 45.4 Å². The smallest absolute Gasteiger partial charge is 0.225 e. The van der Waals surface area contributed by atoms with Gasteiger partial charge in [0.1, 0.15) is 12.1 Å². The third-order valence-corrected chi connectivity index (χ3v) is 4.17. The van der Waals surface area contributed by atoms with Crippen molar-refractivity contribution < 1.29 is 4.79 Å². The van der Waals surface area contributed by atoms with E-state index in [9.17, 15) is 4.79 Å². The van der Waals surface area contributed by atoms with E-state index in [1.807, 2.05) is 39.0 Å². The number of benzene rings is 1. The molecule has 0 radical (unpaired) electrons. The highest BCUT2D eigenvalue weighted by Crippen LogP contribution is 2.30. The van der Waals surface area contributed by atoms with E-state index >= 15 is 0 Å². The lowest BCUT2D eigenvalue weighted by Gasteiger charge is -2.23. The fourth-order valence-electron chi connectivity index (χ4n) is 2.91. The zero-order valence-corrected chi connectivity index (χ0v) is 14.4. The number of carbonyl (C=O) groups excluding carboxylic acids is 1. The van der Waals surface area contributed by atoms with Crippen molar-refractivity contribution in [3.8, 4) is 0 Å². The van der Waals surface area contributed by atoms with Crippen LogP contribution in [0.25, 0.3) is 10.9 Å². The number of halogens is 1. The molecule has 1 atom stereocenters. The van der Waals surface area contributed by atoms with Crippen molar-refractivity contribution in [2.24, 2.45) is 5.92 Å². The summed E-state index contributed by atoms with van der Waals surface area (Å²) in [5, 5.41) is 4.65. The van der Waals surface area contributed by atoms with E-state index in [0.29, 0.717) is 11.6 Å². The lowest BCUT2D eigenvalue weighted by molar-refractivity contribution is -0.125. The molecule has 1 N–H and O–H groups in total. The summed E-state index contributed by atoms with van der Waals surface area (Å²) < 4.78 is 0. The molecule has 23 heavy (non-hydrogen) atoms. The number of hydrogen-bond acceptors (Lipinski definition) is 4. The number of fused-ring (bicyclic) bond motifs is 1. The van der Waals surface area contributed by atoms with Gasteiger partial charge in [0.15, 0.2) is 0 Å². The average molecular weight is 333 g/mol. The molecule has 1 amide bonds. The van der Waals surface area contributed by atoms with Crippen molar-refractivity contribution >= 4 is 34.2 Å². The van der Waals surface area contributed by atoms with Crippen LogP contribution in [0.15, 0.2) is 24.5 Å². The van der Waals surface area contributed by atoms with Crippen LogP contribution in [-0.2, 0) is 4.79 Å². The topological polar surface area (TPSA) is 58.1 Å². The van der Waals surface area contributed by atoms with Crippen molar-refractivity contribution in [1.82, 2.24) is 15.3 Å². The summed E-state index contributed by atoms with van der Waals surface area (Å²) in [6.45, 7) is 7.47. The number of nitrogens with zero attached hydrogens (tertiary/aromatic N) is 3. The molecule has 0 saturated carbocycles. The largest absolute Gasteiger partial charge is 0.355 e. The number of amides is 1. The molecule has 3 rings (SSSR count). The molecule has 0 aliphatic carbocycles. The maximum atomic E-state index is 12.4. The number of anilines is 1. The highest BCUT2D eigenvalue weighted by atomic mass is 35.5. The van der Waals surface area contributed by atoms with Crippen LogP contribution in [0.2, 0.25) is 5.02 Å². The van der Waals surface area contributed by atoms with Gasteiger partial charge in [0, 0.05) is 29.0 Å². The normalized spacial score (nSPS) is 18.4. The van der Waals surface area contributed by atoms with Crippen molar-refractivity contribution in [2.45, 2.75) is 32.7 Å². The van der Waals surface area contributed by atoms with Crippen LogP contribution in [0, 0.1) is 5.92 Å². The van der Waals surface area contributed by atoms with Gasteiger partial charge < -0.3 is 10.2 Å². The summed E-state index contributed by atoms with van der Waals surface area (Å²) in [6, 6.07) is 5.60. The van der Waals surface area contributed by atoms with Gasteiger partial charge in [0.05, 0.1) is 11.4 Å². The number of hydrogen-bond donors (Lipinski definition) is 1. The molecule has 1 aliphatic heterocycles. The molecule has 6 heteroatoms. The second-order valence-electron chi connectivity index (χ2n) is 7.03. The Morgan fingerprint density at radius 1 is 1.35 bits per heavy atom. The van der Waals surface area contributed by atoms with Gasteiger partial charge in [0.25, 0.3) is 0 Å². The van der Waals surface area contributed by atoms with Crippen molar-refractivity contribution in [1.29, 1.82) is 0 Å². The standard InChI is InChI=1S/C17H21ClN4O/c1-17(2,3)21-16(23)11-6-7-22(9-11)15-13-8-12(18)4-5-14(13)19-10-20-15/h4-5,8,10-11H,6-7,9H2,1-3H3,(H,21,23). The van der Waals surface area contributed by atoms with Gasteiger partial charge in [0.2, 0.25) is 5.91 Å². The van der Waals surface area contributed by atoms with Crippen LogP contribution in [0.5, 0.6) is 0 Å². The molecule has 1 aliphatic rings. The SMILES string of the molecule is CC(C)(C)NC(=O)C1CCN(c2ncnc3ccc(Cl)cc23)C1. The molecular weight excluding hydrogens is 312 g/mol. The Kier molecular flexibility index (Phi) is 4.15. The van der Waals surface area contributed by atoms with E-state index < -0.39 is 0 Å². The number of nitrogens with one attached hydrogen (secondary N) is 1. The molecule has 1 aromatic heterocycles. The van der Waals surface area contributed by atoms with Crippen LogP contribution in [0.4, 0.5) is 5.82 Å². The Morgan fingerprint density at radius 3 is 2.87 bits per heavy atom. The first-order valence-corrected chi connectivity index (χ1v) is 8.18. The second kappa shape index (κ2) is 5.96. The molecule has 1 unspecified atom stereocenters. The highest BCUT2D eigenvalue weighted by molar-refractivity contribution is 6.31. The number of aromatic nitrogens is 2. The zero-order valence-electron chi connectivity index (χ0n) is 13.6. The van der Waals surface area contributed by atoms with Gasteiger partial charge in [-0.15, -0.1) is 0 Å². The van der Waals surface area contributed by atoms with Gasteiger partial charge in [-0.1, -0.05) is 11.6 Å². The minimum absolute atomic E-state index is 0.0153. The Balaban J connectivity index is 1.82. The second-order valence-corrected chi connectivity index (χ2v) is 7.47. The van der Waals surface area contributed by atoms with Gasteiger partial charge in [-0.2, -0.15) is 0 Å². The molecule has 0 bridgehead atoms. The van der Waals surface area contributed by atoms with E-state index in [1.165, 1.54) is 0 Å². The van der Waals surface area contributed by atoms with E-state index in [2.05, 4.69) is 20.2 Å². The summed E-state index contributed by atoms with van der Waals surface area (Å²) >= 11 is 6.11. The first kappa shape index (κ1) is 16.0. The van der Waals surface area contributed by atoms with Crippen LogP contribution in [0.3, 0.4) is 0 Å². The summed E-state index contributed by atoms with van der Waals surface area (Å²) in [7, 11) is 0. The molecule has 2 aromatic rings. The first-order valence-electron chi connectivity index (χ1n) is 7.81. The van der Waals surface area contributed by atoms with Gasteiger partial charge >= 0.3 is 0 Å². The Bertz CT molecular complexity index is 741. The van der Waals surface area contributed by atoms with E-state index in [0.717, 1.165) is 29.7 Å². The van der Waals surface area contributed by atoms with Crippen LogP contribution >= 0.6 is 11.6 Å². The minimum atomic E-state index is -0.209. The van der Waals surface area contributed by atoms with Crippen LogP contribution in [-0.4, -0.2) is 34.5 Å². The van der Waals surface area contributed by atoms with Crippen LogP contribution < -0.4 is 10.2 Å². The van der Waals surface area contributed by atoms with E-state index in [1.54, 1.807) is 6.33 Å². The maximum Gasteiger partial charge on any atom is 0.225 e. The average Bonchev–Trinajstić information content (AvgIpc) is 2.94. The predicted octanol–water partition coefficient (Wildman–Crippen LogP) is 3.02. The van der Waals surface area contributed by atoms with E-state index in [4.69, 9.17) is 11.6 Å². The van der Waals surface area contributed by atoms with Crippen molar-refractivity contribution in [2.75, 3.05) is 18.0 Å². The summed E-state index contributed by atoms with van der Waals surface area (Å²) in [4.78, 5) is 23.2. The zero-order chi connectivity index (χ0) is 16.6. The highest BCUT2D eigenvalue weighted by Gasteiger charge is 2.31. The van der Waals surface area contributed by atoms with Crippen molar-refractivity contribution in [3.63, 3.8) is 0 Å². The monoisotopic (exact) mass is 332 g/mol. The quantitative estimate of drug-likeness (QED) is 0.918. The molecule has 1 fully saturated rings. The third-order valence-electron chi connectivity index (χ3n) is 3.93. The molecule has 0 spiro atoms. The van der Waals surface area contributed by atoms with Gasteiger partial charge in [-0.3, -0.25) is 4.79 Å². The third kappa shape index (κ3) is 3.55. The molecule has 122 valence electrons. The molecule has 1 saturated heterocycles. The molecule has 1 aromatic carbocycles. The Morgan fingerprint density at radius 2 is 2.13 bits per heavy atom. The summed E-state index contributed by atoms with van der Waals surface area (Å²) in [5.41, 5.74) is 0.654. The summed E-state index contributed by atoms with van der Waals surface area (Å²) in [6.07, 6.45) is 2.39. The Labute approximate surface area is 141 Å². The molecular formula is C17H21ClN4O. The lowest BCUT2D eigenvalue weighted by atomic mass is 10.0. The van der Waals surface area contributed by atoms with Crippen LogP contribution in [0.1, 0.15) is 27.2 Å². The number of carbonyl (C=O) groups is 1. The minimum Gasteiger partial charge on any atom is -0.355 e. The number of rotatable bonds is 2. The van der Waals surface area contributed by atoms with E-state index in [-0.39, 0.29) is 17.4 Å². The molecule has 5 nitrogen and oxygen atoms in total. The lowest BCUT2D eigenvalue weighted by Crippen LogP contribution is -2.44. The first-order chi connectivity index (χ1) is 10.8. The Hall–Kier alpha value is -1.88. The fraction of sp³-hybridized carbons (Fsp3) is 0.471. The summed E-state index contributed by atoms with van der Waals surface area (Å²) in [5.74, 6) is 0.943. The van der Waals surface area contributed by atoms with Gasteiger partial charge in [-0.25, -0.2) is 9.97 Å². The molecule has 2 heterocycles. The van der Waals surface area contributed by atoms with Crippen molar-refractivity contribution in [3.05, 3.63) is 29.5 Å². The predicted molar refractivity (Wildman–Crippen MR) is 92.8 cm³/mol. The fourth-order valence-corrected chi connectivity index (χ4v) is 3.08. The maximum absolute atomic E-state index is 12.4.